The molecule has 1 aromatic heterocycles. The molecule has 0 bridgehead atoms. The Morgan fingerprint density at radius 1 is 1.33 bits per heavy atom. The van der Waals surface area contributed by atoms with Crippen LogP contribution < -0.4 is 10.1 Å². The zero-order chi connectivity index (χ0) is 16.8. The van der Waals surface area contributed by atoms with Gasteiger partial charge >= 0.3 is 0 Å². The number of benzene rings is 1. The smallest absolute Gasteiger partial charge is 0.225 e. The second kappa shape index (κ2) is 5.81. The molecule has 2 aliphatic rings. The Balaban J connectivity index is 1.83. The van der Waals surface area contributed by atoms with Crippen molar-refractivity contribution < 1.29 is 14.6 Å². The number of thiophene rings is 1. The van der Waals surface area contributed by atoms with Gasteiger partial charge in [0.1, 0.15) is 0 Å². The van der Waals surface area contributed by atoms with Crippen molar-refractivity contribution in [2.45, 2.75) is 38.5 Å². The second-order valence-corrected chi connectivity index (χ2v) is 7.94. The lowest BCUT2D eigenvalue weighted by Crippen LogP contribution is -2.23. The fourth-order valence-corrected chi connectivity index (χ4v) is 5.39. The lowest BCUT2D eigenvalue weighted by molar-refractivity contribution is -0.116. The molecule has 0 saturated carbocycles. The van der Waals surface area contributed by atoms with Crippen molar-refractivity contribution in [1.29, 1.82) is 0 Å². The first-order valence-corrected chi connectivity index (χ1v) is 9.19. The highest BCUT2D eigenvalue weighted by molar-refractivity contribution is 7.16. The number of hydrogen-bond acceptors (Lipinski definition) is 4. The molecule has 0 fully saturated rings. The van der Waals surface area contributed by atoms with E-state index in [1.54, 1.807) is 24.5 Å². The monoisotopic (exact) mass is 343 g/mol. The summed E-state index contributed by atoms with van der Waals surface area (Å²) in [5.74, 6) is 1.39. The molecule has 0 saturated heterocycles. The number of carbonyl (C=O) groups excluding carboxylic acids is 1. The SMILES string of the molecule is COc1cc(C2CC(=O)Nc3sc4c(c32)CCC(C)C4)ccc1O. The number of phenolic OH excluding ortho intramolecular Hbond substituents is 1. The fourth-order valence-electron chi connectivity index (χ4n) is 3.90. The molecule has 2 aromatic rings. The highest BCUT2D eigenvalue weighted by Gasteiger charge is 2.34. The number of anilines is 1. The summed E-state index contributed by atoms with van der Waals surface area (Å²) in [5.41, 5.74) is 3.75. The van der Waals surface area contributed by atoms with Gasteiger partial charge in [0.2, 0.25) is 5.91 Å². The zero-order valence-corrected chi connectivity index (χ0v) is 14.7. The largest absolute Gasteiger partial charge is 0.504 e. The summed E-state index contributed by atoms with van der Waals surface area (Å²) in [4.78, 5) is 13.7. The minimum atomic E-state index is 0.0386. The summed E-state index contributed by atoms with van der Waals surface area (Å²) in [7, 11) is 1.55. The number of carbonyl (C=O) groups is 1. The Morgan fingerprint density at radius 3 is 2.96 bits per heavy atom. The van der Waals surface area contributed by atoms with E-state index in [0.29, 0.717) is 18.1 Å². The summed E-state index contributed by atoms with van der Waals surface area (Å²) < 4.78 is 5.25. The maximum Gasteiger partial charge on any atom is 0.225 e. The first-order valence-electron chi connectivity index (χ1n) is 8.38. The van der Waals surface area contributed by atoms with E-state index in [4.69, 9.17) is 4.74 Å². The molecule has 126 valence electrons. The molecule has 2 atom stereocenters. The van der Waals surface area contributed by atoms with Crippen LogP contribution in [0.25, 0.3) is 0 Å². The Morgan fingerprint density at radius 2 is 2.17 bits per heavy atom. The van der Waals surface area contributed by atoms with E-state index in [9.17, 15) is 9.90 Å². The molecule has 0 spiro atoms. The van der Waals surface area contributed by atoms with Crippen molar-refractivity contribution in [3.63, 3.8) is 0 Å². The van der Waals surface area contributed by atoms with Crippen LogP contribution in [0.2, 0.25) is 0 Å². The number of amides is 1. The number of methoxy groups -OCH3 is 1. The van der Waals surface area contributed by atoms with Crippen molar-refractivity contribution in [2.24, 2.45) is 5.92 Å². The maximum atomic E-state index is 12.2. The molecule has 1 aliphatic heterocycles. The van der Waals surface area contributed by atoms with Crippen LogP contribution in [0.4, 0.5) is 5.00 Å². The average molecular weight is 343 g/mol. The van der Waals surface area contributed by atoms with Crippen LogP contribution in [-0.4, -0.2) is 18.1 Å². The summed E-state index contributed by atoms with van der Waals surface area (Å²) in [6.45, 7) is 2.29. The summed E-state index contributed by atoms with van der Waals surface area (Å²) in [5, 5.41) is 13.9. The van der Waals surface area contributed by atoms with Crippen molar-refractivity contribution >= 4 is 22.2 Å². The van der Waals surface area contributed by atoms with E-state index in [1.165, 1.54) is 22.4 Å². The lowest BCUT2D eigenvalue weighted by Gasteiger charge is -2.26. The number of fused-ring (bicyclic) bond motifs is 3. The Bertz CT molecular complexity index is 811. The van der Waals surface area contributed by atoms with E-state index in [2.05, 4.69) is 12.2 Å². The van der Waals surface area contributed by atoms with Gasteiger partial charge in [-0.3, -0.25) is 4.79 Å². The van der Waals surface area contributed by atoms with Crippen LogP contribution in [0.15, 0.2) is 18.2 Å². The number of aromatic hydroxyl groups is 1. The molecule has 1 aliphatic carbocycles. The highest BCUT2D eigenvalue weighted by Crippen LogP contribution is 2.49. The van der Waals surface area contributed by atoms with Crippen LogP contribution in [0, 0.1) is 5.92 Å². The third-order valence-electron chi connectivity index (χ3n) is 5.15. The van der Waals surface area contributed by atoms with E-state index >= 15 is 0 Å². The van der Waals surface area contributed by atoms with E-state index in [0.717, 1.165) is 23.4 Å². The molecular formula is C19H21NO3S. The third-order valence-corrected chi connectivity index (χ3v) is 6.34. The normalized spacial score (nSPS) is 22.5. The molecule has 0 radical (unpaired) electrons. The van der Waals surface area contributed by atoms with Gasteiger partial charge in [-0.25, -0.2) is 0 Å². The zero-order valence-electron chi connectivity index (χ0n) is 13.9. The van der Waals surface area contributed by atoms with Gasteiger partial charge in [0, 0.05) is 17.2 Å². The van der Waals surface area contributed by atoms with E-state index < -0.39 is 0 Å². The van der Waals surface area contributed by atoms with Crippen LogP contribution in [-0.2, 0) is 17.6 Å². The molecule has 2 heterocycles. The minimum absolute atomic E-state index is 0.0386. The van der Waals surface area contributed by atoms with Gasteiger partial charge in [0.25, 0.3) is 0 Å². The third kappa shape index (κ3) is 2.47. The van der Waals surface area contributed by atoms with Crippen molar-refractivity contribution in [3.05, 3.63) is 39.8 Å². The average Bonchev–Trinajstić information content (AvgIpc) is 2.91. The molecule has 24 heavy (non-hydrogen) atoms. The summed E-state index contributed by atoms with van der Waals surface area (Å²) in [6, 6.07) is 5.42. The lowest BCUT2D eigenvalue weighted by atomic mass is 9.80. The Hall–Kier alpha value is -2.01. The number of hydrogen-bond donors (Lipinski definition) is 2. The van der Waals surface area contributed by atoms with Crippen LogP contribution in [0.1, 0.15) is 47.3 Å². The standard InChI is InChI=1S/C19H21NO3S/c1-10-3-5-12-16(7-10)24-19-18(12)13(9-17(22)20-19)11-4-6-14(21)15(8-11)23-2/h4,6,8,10,13,21H,3,5,7,9H2,1-2H3,(H,20,22). The van der Waals surface area contributed by atoms with Crippen LogP contribution in [0.3, 0.4) is 0 Å². The van der Waals surface area contributed by atoms with Crippen molar-refractivity contribution in [3.8, 4) is 11.5 Å². The molecule has 4 nitrogen and oxygen atoms in total. The topological polar surface area (TPSA) is 58.6 Å². The number of ether oxygens (including phenoxy) is 1. The minimum Gasteiger partial charge on any atom is -0.504 e. The summed E-state index contributed by atoms with van der Waals surface area (Å²) in [6.07, 6.45) is 3.84. The number of nitrogens with one attached hydrogen (secondary N) is 1. The fraction of sp³-hybridized carbons (Fsp3) is 0.421. The predicted molar refractivity (Wildman–Crippen MR) is 95.3 cm³/mol. The number of rotatable bonds is 2. The molecule has 1 aromatic carbocycles. The first-order chi connectivity index (χ1) is 11.6. The molecular weight excluding hydrogens is 322 g/mol. The molecule has 1 amide bonds. The van der Waals surface area contributed by atoms with E-state index in [1.807, 2.05) is 12.1 Å². The molecule has 5 heteroatoms. The van der Waals surface area contributed by atoms with Gasteiger partial charge in [-0.15, -0.1) is 11.3 Å². The van der Waals surface area contributed by atoms with Crippen LogP contribution in [0.5, 0.6) is 11.5 Å². The quantitative estimate of drug-likeness (QED) is 0.864. The number of phenols is 1. The van der Waals surface area contributed by atoms with Gasteiger partial charge in [-0.2, -0.15) is 0 Å². The van der Waals surface area contributed by atoms with Crippen LogP contribution >= 0.6 is 11.3 Å². The molecule has 2 N–H and O–H groups in total. The maximum absolute atomic E-state index is 12.2. The van der Waals surface area contributed by atoms with E-state index in [-0.39, 0.29) is 17.6 Å². The van der Waals surface area contributed by atoms with Crippen molar-refractivity contribution in [1.82, 2.24) is 0 Å². The predicted octanol–water partition coefficient (Wildman–Crippen LogP) is 4.06. The van der Waals surface area contributed by atoms with Crippen molar-refractivity contribution in [2.75, 3.05) is 12.4 Å². The Labute approximate surface area is 145 Å². The summed E-state index contributed by atoms with van der Waals surface area (Å²) >= 11 is 1.74. The Kier molecular flexibility index (Phi) is 3.76. The molecule has 2 unspecified atom stereocenters. The van der Waals surface area contributed by atoms with Gasteiger partial charge in [0.05, 0.1) is 12.1 Å². The van der Waals surface area contributed by atoms with Gasteiger partial charge in [0.15, 0.2) is 11.5 Å². The first kappa shape index (κ1) is 15.5. The highest BCUT2D eigenvalue weighted by atomic mass is 32.1. The van der Waals surface area contributed by atoms with Gasteiger partial charge in [-0.1, -0.05) is 13.0 Å². The molecule has 4 rings (SSSR count). The second-order valence-electron chi connectivity index (χ2n) is 6.83. The van der Waals surface area contributed by atoms with Gasteiger partial charge in [-0.05, 0) is 54.0 Å². The van der Waals surface area contributed by atoms with Gasteiger partial charge < -0.3 is 15.2 Å².